The molecule has 3 aromatic rings. The first-order valence-corrected chi connectivity index (χ1v) is 11.0. The van der Waals surface area contributed by atoms with Gasteiger partial charge in [-0.2, -0.15) is 0 Å². The molecule has 1 atom stereocenters. The second kappa shape index (κ2) is 9.08. The van der Waals surface area contributed by atoms with Gasteiger partial charge in [0.05, 0.1) is 11.8 Å². The van der Waals surface area contributed by atoms with Crippen LogP contribution in [0, 0.1) is 0 Å². The Morgan fingerprint density at radius 1 is 1.10 bits per heavy atom. The molecule has 1 aromatic carbocycles. The number of hydrogen-bond donors (Lipinski definition) is 0. The van der Waals surface area contributed by atoms with Crippen molar-refractivity contribution in [3.63, 3.8) is 0 Å². The second-order valence-corrected chi connectivity index (χ2v) is 8.24. The van der Waals surface area contributed by atoms with Gasteiger partial charge in [-0.05, 0) is 49.2 Å². The van der Waals surface area contributed by atoms with Gasteiger partial charge < -0.3 is 18.8 Å². The third kappa shape index (κ3) is 4.73. The SMILES string of the molecule is O=C(c1ccc(OC[C@@H]2CCCO2)cc1)N1CCN(Cc2cn3ccccc3n2)CC1. The summed E-state index contributed by atoms with van der Waals surface area (Å²) in [7, 11) is 0. The number of benzene rings is 1. The maximum atomic E-state index is 12.9. The van der Waals surface area contributed by atoms with Crippen LogP contribution >= 0.6 is 0 Å². The summed E-state index contributed by atoms with van der Waals surface area (Å²) in [6.45, 7) is 5.35. The number of aromatic nitrogens is 2. The Hall–Kier alpha value is -2.90. The maximum absolute atomic E-state index is 12.9. The van der Waals surface area contributed by atoms with Crippen molar-refractivity contribution in [2.45, 2.75) is 25.5 Å². The van der Waals surface area contributed by atoms with E-state index in [1.807, 2.05) is 58.0 Å². The maximum Gasteiger partial charge on any atom is 0.253 e. The van der Waals surface area contributed by atoms with E-state index in [4.69, 9.17) is 9.47 Å². The zero-order valence-corrected chi connectivity index (χ0v) is 17.7. The number of pyridine rings is 1. The Morgan fingerprint density at radius 3 is 2.68 bits per heavy atom. The molecule has 2 aliphatic heterocycles. The minimum absolute atomic E-state index is 0.0815. The summed E-state index contributed by atoms with van der Waals surface area (Å²) < 4.78 is 13.4. The van der Waals surface area contributed by atoms with Crippen molar-refractivity contribution in [2.24, 2.45) is 0 Å². The number of carbonyl (C=O) groups excluding carboxylic acids is 1. The number of amides is 1. The van der Waals surface area contributed by atoms with E-state index >= 15 is 0 Å². The van der Waals surface area contributed by atoms with Crippen molar-refractivity contribution in [3.05, 3.63) is 66.1 Å². The molecule has 2 fully saturated rings. The van der Waals surface area contributed by atoms with E-state index < -0.39 is 0 Å². The molecule has 1 amide bonds. The Bertz CT molecular complexity index is 986. The van der Waals surface area contributed by atoms with Gasteiger partial charge in [-0.15, -0.1) is 0 Å². The largest absolute Gasteiger partial charge is 0.491 e. The molecular weight excluding hydrogens is 392 g/mol. The summed E-state index contributed by atoms with van der Waals surface area (Å²) in [6, 6.07) is 13.5. The van der Waals surface area contributed by atoms with Gasteiger partial charge >= 0.3 is 0 Å². The number of hydrogen-bond acceptors (Lipinski definition) is 5. The molecule has 0 spiro atoms. The molecule has 4 heterocycles. The summed E-state index contributed by atoms with van der Waals surface area (Å²) in [6.07, 6.45) is 6.45. The minimum Gasteiger partial charge on any atom is -0.491 e. The van der Waals surface area contributed by atoms with E-state index in [-0.39, 0.29) is 12.0 Å². The van der Waals surface area contributed by atoms with Gasteiger partial charge in [-0.25, -0.2) is 4.98 Å². The molecule has 0 unspecified atom stereocenters. The van der Waals surface area contributed by atoms with E-state index in [1.165, 1.54) is 0 Å². The number of nitrogens with zero attached hydrogens (tertiary/aromatic N) is 4. The molecule has 2 aromatic heterocycles. The van der Waals surface area contributed by atoms with Crippen molar-refractivity contribution >= 4 is 11.6 Å². The smallest absolute Gasteiger partial charge is 0.253 e. The van der Waals surface area contributed by atoms with E-state index in [1.54, 1.807) is 0 Å². The molecule has 0 bridgehead atoms. The molecule has 0 N–H and O–H groups in total. The van der Waals surface area contributed by atoms with Gasteiger partial charge in [0, 0.05) is 57.3 Å². The molecule has 31 heavy (non-hydrogen) atoms. The van der Waals surface area contributed by atoms with Crippen molar-refractivity contribution < 1.29 is 14.3 Å². The highest BCUT2D eigenvalue weighted by molar-refractivity contribution is 5.94. The zero-order chi connectivity index (χ0) is 21.0. The first kappa shape index (κ1) is 20.0. The average Bonchev–Trinajstić information content (AvgIpc) is 3.47. The van der Waals surface area contributed by atoms with Crippen molar-refractivity contribution in [2.75, 3.05) is 39.4 Å². The Labute approximate surface area is 182 Å². The van der Waals surface area contributed by atoms with Crippen LogP contribution in [0.1, 0.15) is 28.9 Å². The minimum atomic E-state index is 0.0815. The molecule has 2 saturated heterocycles. The van der Waals surface area contributed by atoms with Crippen molar-refractivity contribution in [1.29, 1.82) is 0 Å². The van der Waals surface area contributed by atoms with E-state index in [9.17, 15) is 4.79 Å². The number of fused-ring (bicyclic) bond motifs is 1. The van der Waals surface area contributed by atoms with Crippen molar-refractivity contribution in [1.82, 2.24) is 19.2 Å². The van der Waals surface area contributed by atoms with Gasteiger partial charge in [0.2, 0.25) is 0 Å². The summed E-state index contributed by atoms with van der Waals surface area (Å²) >= 11 is 0. The lowest BCUT2D eigenvalue weighted by molar-refractivity contribution is 0.0626. The molecule has 162 valence electrons. The predicted octanol–water partition coefficient (Wildman–Crippen LogP) is 2.85. The third-order valence-corrected chi connectivity index (χ3v) is 6.02. The first-order valence-electron chi connectivity index (χ1n) is 11.0. The van der Waals surface area contributed by atoms with Gasteiger partial charge in [-0.3, -0.25) is 9.69 Å². The van der Waals surface area contributed by atoms with Gasteiger partial charge in [-0.1, -0.05) is 6.07 Å². The Morgan fingerprint density at radius 2 is 1.94 bits per heavy atom. The normalized spacial score (nSPS) is 19.7. The average molecular weight is 421 g/mol. The van der Waals surface area contributed by atoms with Crippen LogP contribution in [0.2, 0.25) is 0 Å². The fraction of sp³-hybridized carbons (Fsp3) is 0.417. The molecule has 0 radical (unpaired) electrons. The first-order chi connectivity index (χ1) is 15.2. The summed E-state index contributed by atoms with van der Waals surface area (Å²) in [5.74, 6) is 0.863. The third-order valence-electron chi connectivity index (χ3n) is 6.02. The van der Waals surface area contributed by atoms with Gasteiger partial charge in [0.15, 0.2) is 0 Å². The fourth-order valence-electron chi connectivity index (χ4n) is 4.24. The lowest BCUT2D eigenvalue weighted by Crippen LogP contribution is -2.48. The van der Waals surface area contributed by atoms with Crippen LogP contribution in [0.25, 0.3) is 5.65 Å². The molecule has 7 heteroatoms. The number of piperazine rings is 1. The van der Waals surface area contributed by atoms with Crippen LogP contribution in [0.5, 0.6) is 5.75 Å². The highest BCUT2D eigenvalue weighted by atomic mass is 16.5. The van der Waals surface area contributed by atoms with Crippen LogP contribution in [-0.4, -0.2) is 70.6 Å². The van der Waals surface area contributed by atoms with Crippen molar-refractivity contribution in [3.8, 4) is 5.75 Å². The summed E-state index contributed by atoms with van der Waals surface area (Å²) in [5, 5.41) is 0. The highest BCUT2D eigenvalue weighted by Crippen LogP contribution is 2.18. The molecule has 0 aliphatic carbocycles. The highest BCUT2D eigenvalue weighted by Gasteiger charge is 2.23. The number of rotatable bonds is 6. The van der Waals surface area contributed by atoms with E-state index in [2.05, 4.69) is 16.1 Å². The number of carbonyl (C=O) groups is 1. The molecule has 0 saturated carbocycles. The van der Waals surface area contributed by atoms with Crippen LogP contribution in [0.3, 0.4) is 0 Å². The molecule has 7 nitrogen and oxygen atoms in total. The standard InChI is InChI=1S/C24H28N4O3/c29-24(19-6-8-21(9-7-19)31-18-22-4-3-15-30-22)27-13-11-26(12-14-27)16-20-17-28-10-2-1-5-23(28)25-20/h1-2,5-10,17,22H,3-4,11-16,18H2/t22-/m0/s1. The fourth-order valence-corrected chi connectivity index (χ4v) is 4.24. The van der Waals surface area contributed by atoms with Crippen LogP contribution in [0.4, 0.5) is 0 Å². The molecule has 5 rings (SSSR count). The topological polar surface area (TPSA) is 59.3 Å². The predicted molar refractivity (Wildman–Crippen MR) is 117 cm³/mol. The molecule has 2 aliphatic rings. The van der Waals surface area contributed by atoms with Gasteiger partial charge in [0.1, 0.15) is 18.0 Å². The Kier molecular flexibility index (Phi) is 5.86. The van der Waals surface area contributed by atoms with Crippen LogP contribution in [-0.2, 0) is 11.3 Å². The second-order valence-electron chi connectivity index (χ2n) is 8.24. The lowest BCUT2D eigenvalue weighted by Gasteiger charge is -2.34. The van der Waals surface area contributed by atoms with E-state index in [0.717, 1.165) is 69.3 Å². The van der Waals surface area contributed by atoms with Crippen LogP contribution < -0.4 is 4.74 Å². The summed E-state index contributed by atoms with van der Waals surface area (Å²) in [4.78, 5) is 21.9. The summed E-state index contributed by atoms with van der Waals surface area (Å²) in [5.41, 5.74) is 2.73. The lowest BCUT2D eigenvalue weighted by atomic mass is 10.1. The zero-order valence-electron chi connectivity index (χ0n) is 17.7. The Balaban J connectivity index is 1.11. The molecular formula is C24H28N4O3. The number of ether oxygens (including phenoxy) is 2. The monoisotopic (exact) mass is 420 g/mol. The van der Waals surface area contributed by atoms with Gasteiger partial charge in [0.25, 0.3) is 5.91 Å². The number of imidazole rings is 1. The quantitative estimate of drug-likeness (QED) is 0.614. The van der Waals surface area contributed by atoms with E-state index in [0.29, 0.717) is 12.2 Å². The van der Waals surface area contributed by atoms with Crippen LogP contribution in [0.15, 0.2) is 54.9 Å².